The van der Waals surface area contributed by atoms with Gasteiger partial charge in [0.1, 0.15) is 12.2 Å². The molecular formula is C13H15NO3. The van der Waals surface area contributed by atoms with Crippen LogP contribution in [0.5, 0.6) is 0 Å². The molecule has 90 valence electrons. The van der Waals surface area contributed by atoms with Gasteiger partial charge in [0.15, 0.2) is 6.23 Å². The molecule has 3 rings (SSSR count). The summed E-state index contributed by atoms with van der Waals surface area (Å²) in [6.45, 7) is 1.96. The van der Waals surface area contributed by atoms with Crippen LogP contribution in [-0.2, 0) is 9.53 Å². The molecule has 0 spiro atoms. The van der Waals surface area contributed by atoms with Crippen LogP contribution in [0, 0.1) is 0 Å². The minimum Gasteiger partial charge on any atom is -0.383 e. The van der Waals surface area contributed by atoms with Gasteiger partial charge in [-0.25, -0.2) is 0 Å². The summed E-state index contributed by atoms with van der Waals surface area (Å²) in [5.41, 5.74) is 1.06. The van der Waals surface area contributed by atoms with Crippen LogP contribution in [0.2, 0.25) is 0 Å². The molecule has 2 aliphatic heterocycles. The Hall–Kier alpha value is -1.39. The van der Waals surface area contributed by atoms with Crippen LogP contribution in [0.1, 0.15) is 24.9 Å². The highest BCUT2D eigenvalue weighted by molar-refractivity contribution is 5.82. The maximum absolute atomic E-state index is 12.0. The fourth-order valence-electron chi connectivity index (χ4n) is 2.47. The highest BCUT2D eigenvalue weighted by atomic mass is 16.6. The monoisotopic (exact) mass is 233 g/mol. The van der Waals surface area contributed by atoms with E-state index in [1.54, 1.807) is 4.90 Å². The Kier molecular flexibility index (Phi) is 2.42. The molecule has 0 aliphatic carbocycles. The number of carbonyl (C=O) groups is 1. The SMILES string of the molecule is CC(c1ccccc1)N1C(=O)[C@H](O)CC2OC21. The lowest BCUT2D eigenvalue weighted by Crippen LogP contribution is -2.47. The molecular weight excluding hydrogens is 218 g/mol. The van der Waals surface area contributed by atoms with Crippen LogP contribution < -0.4 is 0 Å². The van der Waals surface area contributed by atoms with E-state index in [9.17, 15) is 9.90 Å². The smallest absolute Gasteiger partial charge is 0.254 e. The summed E-state index contributed by atoms with van der Waals surface area (Å²) in [4.78, 5) is 13.6. The van der Waals surface area contributed by atoms with Crippen LogP contribution in [-0.4, -0.2) is 34.3 Å². The summed E-state index contributed by atoms with van der Waals surface area (Å²) in [7, 11) is 0. The number of aliphatic hydroxyl groups excluding tert-OH is 1. The molecule has 2 heterocycles. The van der Waals surface area contributed by atoms with E-state index in [1.165, 1.54) is 0 Å². The molecule has 0 aromatic heterocycles. The number of piperidine rings is 1. The number of aliphatic hydroxyl groups is 1. The zero-order valence-electron chi connectivity index (χ0n) is 9.61. The Bertz CT molecular complexity index is 434. The lowest BCUT2D eigenvalue weighted by atomic mass is 10.0. The Morgan fingerprint density at radius 1 is 1.41 bits per heavy atom. The number of hydrogen-bond donors (Lipinski definition) is 1. The molecule has 1 aromatic carbocycles. The van der Waals surface area contributed by atoms with Gasteiger partial charge >= 0.3 is 0 Å². The normalized spacial score (nSPS) is 33.2. The number of fused-ring (bicyclic) bond motifs is 1. The van der Waals surface area contributed by atoms with Gasteiger partial charge < -0.3 is 14.7 Å². The highest BCUT2D eigenvalue weighted by Crippen LogP contribution is 2.40. The van der Waals surface area contributed by atoms with Gasteiger partial charge in [0.05, 0.1) is 6.04 Å². The standard InChI is InChI=1S/C13H15NO3/c1-8(9-5-3-2-4-6-9)14-12(16)10(15)7-11-13(14)17-11/h2-6,8,10-11,13,15H,7H2,1H3/t8?,10-,11?,13?/m1/s1. The molecule has 4 atom stereocenters. The summed E-state index contributed by atoms with van der Waals surface area (Å²) in [6, 6.07) is 9.74. The molecule has 1 amide bonds. The number of amides is 1. The zero-order valence-corrected chi connectivity index (χ0v) is 9.61. The van der Waals surface area contributed by atoms with E-state index in [2.05, 4.69) is 0 Å². The first kappa shape index (κ1) is 10.7. The average Bonchev–Trinajstić information content (AvgIpc) is 3.09. The number of hydrogen-bond acceptors (Lipinski definition) is 3. The van der Waals surface area contributed by atoms with E-state index in [0.717, 1.165) is 5.56 Å². The van der Waals surface area contributed by atoms with Crippen molar-refractivity contribution >= 4 is 5.91 Å². The second kappa shape index (κ2) is 3.82. The predicted octanol–water partition coefficient (Wildman–Crippen LogP) is 1.07. The third-order valence-electron chi connectivity index (χ3n) is 3.52. The van der Waals surface area contributed by atoms with Crippen LogP contribution in [0.4, 0.5) is 0 Å². The van der Waals surface area contributed by atoms with Crippen molar-refractivity contribution in [3.8, 4) is 0 Å². The quantitative estimate of drug-likeness (QED) is 0.777. The fraction of sp³-hybridized carbons (Fsp3) is 0.462. The Morgan fingerprint density at radius 3 is 2.82 bits per heavy atom. The summed E-state index contributed by atoms with van der Waals surface area (Å²) in [5.74, 6) is -0.222. The van der Waals surface area contributed by atoms with E-state index in [0.29, 0.717) is 6.42 Å². The topological polar surface area (TPSA) is 53.1 Å². The molecule has 0 bridgehead atoms. The molecule has 2 aliphatic rings. The van der Waals surface area contributed by atoms with Gasteiger partial charge in [-0.05, 0) is 12.5 Å². The largest absolute Gasteiger partial charge is 0.383 e. The first-order valence-corrected chi connectivity index (χ1v) is 5.89. The third-order valence-corrected chi connectivity index (χ3v) is 3.52. The number of nitrogens with zero attached hydrogens (tertiary/aromatic N) is 1. The average molecular weight is 233 g/mol. The second-order valence-electron chi connectivity index (χ2n) is 4.65. The molecule has 4 nitrogen and oxygen atoms in total. The number of benzene rings is 1. The number of epoxide rings is 1. The summed E-state index contributed by atoms with van der Waals surface area (Å²) < 4.78 is 5.42. The lowest BCUT2D eigenvalue weighted by Gasteiger charge is -2.32. The molecule has 1 N–H and O–H groups in total. The molecule has 4 heteroatoms. The van der Waals surface area contributed by atoms with E-state index in [1.807, 2.05) is 37.3 Å². The Labute approximate surface area is 99.8 Å². The first-order valence-electron chi connectivity index (χ1n) is 5.89. The van der Waals surface area contributed by atoms with Crippen LogP contribution in [0.15, 0.2) is 30.3 Å². The van der Waals surface area contributed by atoms with Gasteiger partial charge in [0, 0.05) is 6.42 Å². The van der Waals surface area contributed by atoms with Gasteiger partial charge in [0.25, 0.3) is 5.91 Å². The number of carbonyl (C=O) groups excluding carboxylic acids is 1. The van der Waals surface area contributed by atoms with Gasteiger partial charge in [-0.1, -0.05) is 30.3 Å². The maximum Gasteiger partial charge on any atom is 0.254 e. The summed E-state index contributed by atoms with van der Waals surface area (Å²) >= 11 is 0. The fourth-order valence-corrected chi connectivity index (χ4v) is 2.47. The van der Waals surface area contributed by atoms with E-state index >= 15 is 0 Å². The lowest BCUT2D eigenvalue weighted by molar-refractivity contribution is -0.146. The van der Waals surface area contributed by atoms with Crippen molar-refractivity contribution in [2.45, 2.75) is 37.8 Å². The van der Waals surface area contributed by atoms with Gasteiger partial charge in [-0.2, -0.15) is 0 Å². The molecule has 1 aromatic rings. The van der Waals surface area contributed by atoms with Crippen molar-refractivity contribution in [2.24, 2.45) is 0 Å². The highest BCUT2D eigenvalue weighted by Gasteiger charge is 2.54. The summed E-state index contributed by atoms with van der Waals surface area (Å²) in [5, 5.41) is 9.67. The van der Waals surface area contributed by atoms with Crippen molar-refractivity contribution in [1.82, 2.24) is 4.90 Å². The van der Waals surface area contributed by atoms with Crippen molar-refractivity contribution in [2.75, 3.05) is 0 Å². The molecule has 3 unspecified atom stereocenters. The van der Waals surface area contributed by atoms with Gasteiger partial charge in [-0.15, -0.1) is 0 Å². The van der Waals surface area contributed by atoms with Gasteiger partial charge in [-0.3, -0.25) is 4.79 Å². The van der Waals surface area contributed by atoms with Crippen molar-refractivity contribution in [3.05, 3.63) is 35.9 Å². The maximum atomic E-state index is 12.0. The van der Waals surface area contributed by atoms with Crippen LogP contribution >= 0.6 is 0 Å². The molecule has 2 fully saturated rings. The molecule has 0 radical (unpaired) electrons. The Balaban J connectivity index is 1.86. The van der Waals surface area contributed by atoms with Crippen molar-refractivity contribution < 1.29 is 14.6 Å². The number of ether oxygens (including phenoxy) is 1. The second-order valence-corrected chi connectivity index (χ2v) is 4.65. The molecule has 17 heavy (non-hydrogen) atoms. The summed E-state index contributed by atoms with van der Waals surface area (Å²) in [6.07, 6.45) is -0.596. The minimum absolute atomic E-state index is 0.0221. The van der Waals surface area contributed by atoms with E-state index in [-0.39, 0.29) is 24.3 Å². The van der Waals surface area contributed by atoms with E-state index < -0.39 is 6.10 Å². The zero-order chi connectivity index (χ0) is 12.0. The van der Waals surface area contributed by atoms with Gasteiger partial charge in [0.2, 0.25) is 0 Å². The van der Waals surface area contributed by atoms with Crippen LogP contribution in [0.3, 0.4) is 0 Å². The van der Waals surface area contributed by atoms with Crippen molar-refractivity contribution in [1.29, 1.82) is 0 Å². The predicted molar refractivity (Wildman–Crippen MR) is 61.0 cm³/mol. The van der Waals surface area contributed by atoms with E-state index in [4.69, 9.17) is 4.74 Å². The Morgan fingerprint density at radius 2 is 2.12 bits per heavy atom. The third kappa shape index (κ3) is 1.73. The number of likely N-dealkylation sites (tertiary alicyclic amines) is 1. The first-order chi connectivity index (χ1) is 8.18. The number of rotatable bonds is 2. The molecule has 0 saturated carbocycles. The minimum atomic E-state index is -0.912. The van der Waals surface area contributed by atoms with Crippen molar-refractivity contribution in [3.63, 3.8) is 0 Å². The van der Waals surface area contributed by atoms with Crippen LogP contribution in [0.25, 0.3) is 0 Å². The molecule has 2 saturated heterocycles.